The van der Waals surface area contributed by atoms with Crippen molar-refractivity contribution < 1.29 is 32.2 Å². The summed E-state index contributed by atoms with van der Waals surface area (Å²) in [7, 11) is -3.80. The van der Waals surface area contributed by atoms with Crippen LogP contribution in [-0.4, -0.2) is 98.5 Å². The maximum absolute atomic E-state index is 12.1. The van der Waals surface area contributed by atoms with Crippen molar-refractivity contribution in [2.75, 3.05) is 79.0 Å². The van der Waals surface area contributed by atoms with Gasteiger partial charge in [0.15, 0.2) is 0 Å². The van der Waals surface area contributed by atoms with Gasteiger partial charge in [0.1, 0.15) is 6.29 Å². The zero-order valence-corrected chi connectivity index (χ0v) is 21.0. The molecule has 10 nitrogen and oxygen atoms in total. The Labute approximate surface area is 177 Å². The highest BCUT2D eigenvalue weighted by molar-refractivity contribution is 7.52. The molecule has 13 heteroatoms. The first-order valence-corrected chi connectivity index (χ1v) is 14.3. The van der Waals surface area contributed by atoms with Crippen LogP contribution in [0, 0.1) is 0 Å². The first-order chi connectivity index (χ1) is 13.7. The van der Waals surface area contributed by atoms with Gasteiger partial charge >= 0.3 is 23.7 Å². The van der Waals surface area contributed by atoms with E-state index in [1.165, 1.54) is 7.11 Å². The van der Waals surface area contributed by atoms with Gasteiger partial charge in [0.05, 0.1) is 20.3 Å². The third kappa shape index (κ3) is 15.6. The van der Waals surface area contributed by atoms with E-state index in [1.807, 2.05) is 28.7 Å². The van der Waals surface area contributed by atoms with Crippen molar-refractivity contribution in [3.8, 4) is 0 Å². The molecule has 0 amide bonds. The number of rotatable bonds is 19. The van der Waals surface area contributed by atoms with E-state index in [0.717, 1.165) is 13.0 Å². The van der Waals surface area contributed by atoms with Crippen molar-refractivity contribution >= 4 is 23.7 Å². The van der Waals surface area contributed by atoms with Gasteiger partial charge in [-0.2, -0.15) is 0 Å². The van der Waals surface area contributed by atoms with Crippen molar-refractivity contribution in [1.82, 2.24) is 14.7 Å². The summed E-state index contributed by atoms with van der Waals surface area (Å²) in [5.41, 5.74) is 0. The Morgan fingerprint density at radius 1 is 0.931 bits per heavy atom. The number of hydrogen-bond donors (Lipinski definition) is 1. The van der Waals surface area contributed by atoms with Gasteiger partial charge in [-0.15, -0.1) is 9.05 Å². The van der Waals surface area contributed by atoms with E-state index in [4.69, 9.17) is 13.6 Å². The molecule has 0 heterocycles. The molecule has 0 saturated carbocycles. The normalized spacial score (nSPS) is 15.2. The van der Waals surface area contributed by atoms with Crippen LogP contribution in [0.15, 0.2) is 0 Å². The first-order valence-electron chi connectivity index (χ1n) is 9.83. The molecule has 0 rings (SSSR count). The van der Waals surface area contributed by atoms with Gasteiger partial charge in [-0.3, -0.25) is 19.3 Å². The topological polar surface area (TPSA) is 109 Å². The highest BCUT2D eigenvalue weighted by atomic mass is 31.2. The van der Waals surface area contributed by atoms with Crippen LogP contribution in [0.2, 0.25) is 0 Å². The lowest BCUT2D eigenvalue weighted by Crippen LogP contribution is -2.37. The predicted octanol–water partition coefficient (Wildman–Crippen LogP) is 3.19. The molecule has 0 radical (unpaired) electrons. The number of likely N-dealkylation sites (N-methyl/N-ethyl adjacent to an activating group) is 1. The monoisotopic (exact) mass is 477 g/mol. The van der Waals surface area contributed by atoms with Crippen molar-refractivity contribution in [2.45, 2.75) is 27.2 Å². The van der Waals surface area contributed by atoms with Gasteiger partial charge in [-0.05, 0) is 43.0 Å². The van der Waals surface area contributed by atoms with Crippen LogP contribution >= 0.6 is 23.7 Å². The minimum atomic E-state index is -3.64. The molecule has 1 N–H and O–H groups in total. The summed E-state index contributed by atoms with van der Waals surface area (Å²) in [6.45, 7) is 9.13. The first kappa shape index (κ1) is 29.1. The minimum absolute atomic E-state index is 0.0322. The third-order valence-corrected chi connectivity index (χ3v) is 7.77. The van der Waals surface area contributed by atoms with Crippen LogP contribution in [0.5, 0.6) is 0 Å². The fraction of sp³-hybridized carbons (Fsp3) is 1.00. The number of nitrogens with zero attached hydrogens (tertiary/aromatic N) is 3. The van der Waals surface area contributed by atoms with E-state index in [1.54, 1.807) is 13.8 Å². The Hall–Kier alpha value is 0.150. The fourth-order valence-corrected chi connectivity index (χ4v) is 5.56. The molecule has 0 fully saturated rings. The van der Waals surface area contributed by atoms with E-state index in [2.05, 4.69) is 0 Å². The Balaban J connectivity index is 4.67. The Morgan fingerprint density at radius 3 is 2.14 bits per heavy atom. The van der Waals surface area contributed by atoms with E-state index in [9.17, 15) is 18.6 Å². The predicted molar refractivity (Wildman–Crippen MR) is 116 cm³/mol. The maximum Gasteiger partial charge on any atom is 0.524 e. The minimum Gasteiger partial charge on any atom is -0.323 e. The smallest absolute Gasteiger partial charge is 0.323 e. The summed E-state index contributed by atoms with van der Waals surface area (Å²) in [6.07, 6.45) is 1.43. The van der Waals surface area contributed by atoms with Gasteiger partial charge in [-0.25, -0.2) is 0 Å². The van der Waals surface area contributed by atoms with Crippen molar-refractivity contribution in [3.05, 3.63) is 0 Å². The molecule has 0 aromatic carbocycles. The maximum atomic E-state index is 12.1. The van der Waals surface area contributed by atoms with E-state index < -0.39 is 23.7 Å². The van der Waals surface area contributed by atoms with Crippen LogP contribution in [0.25, 0.3) is 0 Å². The van der Waals surface area contributed by atoms with Crippen molar-refractivity contribution in [2.24, 2.45) is 0 Å². The molecule has 0 saturated heterocycles. The average molecular weight is 477 g/mol. The van der Waals surface area contributed by atoms with Gasteiger partial charge in [0, 0.05) is 26.2 Å². The van der Waals surface area contributed by atoms with Gasteiger partial charge in [0.25, 0.3) is 0 Å². The van der Waals surface area contributed by atoms with Crippen molar-refractivity contribution in [1.29, 1.82) is 0 Å². The van der Waals surface area contributed by atoms with Crippen LogP contribution in [0.1, 0.15) is 27.2 Å². The van der Waals surface area contributed by atoms with Crippen molar-refractivity contribution in [3.63, 3.8) is 0 Å². The Kier molecular flexibility index (Phi) is 16.9. The standard InChI is InChI=1S/C16H37N3O7P3/c1-6-18(16-29(22,23)26-8-3)12-13-19(15-28(21)25-7-2)11-9-10-17(4)14-27(20)24-5/h6-16H2,1-5H3/q+1/p+1. The molecular weight excluding hydrogens is 439 g/mol. The fourth-order valence-electron chi connectivity index (χ4n) is 2.60. The lowest BCUT2D eigenvalue weighted by Gasteiger charge is -2.26. The summed E-state index contributed by atoms with van der Waals surface area (Å²) >= 11 is 0. The molecule has 3 atom stereocenters. The lowest BCUT2D eigenvalue weighted by atomic mass is 10.3. The molecular formula is C16H38N3O7P3+2. The molecule has 29 heavy (non-hydrogen) atoms. The average Bonchev–Trinajstić information content (AvgIpc) is 2.64. The Bertz CT molecular complexity index is 528. The molecule has 0 aromatic heterocycles. The van der Waals surface area contributed by atoms with Crippen LogP contribution < -0.4 is 0 Å². The quantitative estimate of drug-likeness (QED) is 0.279. The largest absolute Gasteiger partial charge is 0.524 e. The van der Waals surface area contributed by atoms with E-state index in [-0.39, 0.29) is 12.9 Å². The highest BCUT2D eigenvalue weighted by Crippen LogP contribution is 2.42. The van der Waals surface area contributed by atoms with Gasteiger partial charge < -0.3 is 9.42 Å². The zero-order valence-electron chi connectivity index (χ0n) is 18.4. The molecule has 3 unspecified atom stereocenters. The lowest BCUT2D eigenvalue weighted by molar-refractivity contribution is 0.207. The Morgan fingerprint density at radius 2 is 1.59 bits per heavy atom. The summed E-state index contributed by atoms with van der Waals surface area (Å²) < 4.78 is 50.5. The molecule has 172 valence electrons. The summed E-state index contributed by atoms with van der Waals surface area (Å²) in [4.78, 5) is 15.7. The molecule has 0 aliphatic heterocycles. The molecule has 0 spiro atoms. The third-order valence-electron chi connectivity index (χ3n) is 4.05. The highest BCUT2D eigenvalue weighted by Gasteiger charge is 2.26. The second kappa shape index (κ2) is 16.8. The van der Waals surface area contributed by atoms with Crippen LogP contribution in [0.4, 0.5) is 0 Å². The molecule has 0 aliphatic carbocycles. The van der Waals surface area contributed by atoms with Gasteiger partial charge in [-0.1, -0.05) is 6.92 Å². The van der Waals surface area contributed by atoms with E-state index in [0.29, 0.717) is 45.4 Å². The van der Waals surface area contributed by atoms with E-state index >= 15 is 0 Å². The van der Waals surface area contributed by atoms with Gasteiger partial charge in [0.2, 0.25) is 12.6 Å². The second-order valence-electron chi connectivity index (χ2n) is 6.51. The zero-order chi connectivity index (χ0) is 22.3. The second-order valence-corrected chi connectivity index (χ2v) is 10.8. The summed E-state index contributed by atoms with van der Waals surface area (Å²) in [5, 5.41) is 0. The van der Waals surface area contributed by atoms with Crippen LogP contribution in [0.3, 0.4) is 0 Å². The summed E-state index contributed by atoms with van der Waals surface area (Å²) in [5.74, 6) is 0. The molecule has 0 bridgehead atoms. The SMILES string of the molecule is CCO[P+](=O)CN(CCCN(C)C[P+](=O)OC)CCN(CC)CP(=O)(O)OCC. The molecule has 0 aromatic rings. The molecule has 0 aliphatic rings. The number of hydrogen-bond acceptors (Lipinski definition) is 9. The summed E-state index contributed by atoms with van der Waals surface area (Å²) in [6, 6.07) is 0. The van der Waals surface area contributed by atoms with Crippen LogP contribution in [-0.2, 0) is 27.3 Å².